The maximum atomic E-state index is 13.9. The quantitative estimate of drug-likeness (QED) is 0.360. The van der Waals surface area contributed by atoms with E-state index in [0.717, 1.165) is 30.1 Å². The van der Waals surface area contributed by atoms with Crippen molar-refractivity contribution in [2.75, 3.05) is 45.7 Å². The summed E-state index contributed by atoms with van der Waals surface area (Å²) in [5.74, 6) is 6.01. The Balaban J connectivity index is 1.32. The van der Waals surface area contributed by atoms with Crippen LogP contribution in [-0.2, 0) is 12.7 Å². The van der Waals surface area contributed by atoms with Gasteiger partial charge < -0.3 is 15.0 Å². The molecule has 2 N–H and O–H groups in total. The average molecular weight is 549 g/mol. The number of nitrogens with one attached hydrogen (secondary N) is 2. The molecule has 4 aromatic rings. The minimum absolute atomic E-state index is 0.0503. The van der Waals surface area contributed by atoms with Crippen LogP contribution in [0.25, 0.3) is 10.9 Å². The summed E-state index contributed by atoms with van der Waals surface area (Å²) in [6.45, 7) is 3.20. The third-order valence-corrected chi connectivity index (χ3v) is 6.76. The van der Waals surface area contributed by atoms with Crippen LogP contribution < -0.4 is 10.1 Å². The largest absolute Gasteiger partial charge is 0.497 e. The number of amides is 1. The molecule has 0 radical (unpaired) electrons. The molecule has 0 spiro atoms. The first-order chi connectivity index (χ1) is 19.2. The molecule has 0 saturated carbocycles. The normalized spacial score (nSPS) is 14.5. The van der Waals surface area contributed by atoms with Crippen molar-refractivity contribution in [3.63, 3.8) is 0 Å². The number of hydrogen-bond donors (Lipinski definition) is 2. The molecule has 5 rings (SSSR count). The van der Waals surface area contributed by atoms with Gasteiger partial charge in [-0.05, 0) is 48.9 Å². The highest BCUT2D eigenvalue weighted by Crippen LogP contribution is 2.34. The summed E-state index contributed by atoms with van der Waals surface area (Å²) in [5, 5.41) is 10.5. The van der Waals surface area contributed by atoms with Crippen molar-refractivity contribution in [1.82, 2.24) is 25.0 Å². The van der Waals surface area contributed by atoms with Crippen LogP contribution in [0.1, 0.15) is 32.7 Å². The number of hydrogen-bond acceptors (Lipinski definition) is 6. The lowest BCUT2D eigenvalue weighted by Gasteiger charge is -2.33. The van der Waals surface area contributed by atoms with E-state index in [4.69, 9.17) is 4.74 Å². The third kappa shape index (κ3) is 6.25. The Bertz CT molecular complexity index is 1600. The summed E-state index contributed by atoms with van der Waals surface area (Å²) < 4.78 is 47.0. The van der Waals surface area contributed by atoms with Gasteiger partial charge in [-0.15, -0.1) is 0 Å². The molecule has 206 valence electrons. The van der Waals surface area contributed by atoms with Gasteiger partial charge in [0.15, 0.2) is 0 Å². The summed E-state index contributed by atoms with van der Waals surface area (Å²) in [6.07, 6.45) is -1.72. The number of likely N-dealkylation sites (N-methyl/N-ethyl adjacent to an activating group) is 1. The number of H-pyrrole nitrogens is 1. The van der Waals surface area contributed by atoms with Crippen molar-refractivity contribution >= 4 is 22.5 Å². The summed E-state index contributed by atoms with van der Waals surface area (Å²) in [4.78, 5) is 21.1. The van der Waals surface area contributed by atoms with E-state index in [2.05, 4.69) is 37.2 Å². The minimum atomic E-state index is -4.55. The number of fused-ring (bicyclic) bond motifs is 1. The number of carbonyl (C=O) groups is 1. The van der Waals surface area contributed by atoms with Crippen LogP contribution in [0.15, 0.2) is 54.9 Å². The summed E-state index contributed by atoms with van der Waals surface area (Å²) >= 11 is 0. The highest BCUT2D eigenvalue weighted by molar-refractivity contribution is 6.04. The molecule has 11 heteroatoms. The topological polar surface area (TPSA) is 86.4 Å². The number of halogens is 3. The second-order valence-electron chi connectivity index (χ2n) is 9.60. The van der Waals surface area contributed by atoms with Gasteiger partial charge in [-0.1, -0.05) is 12.0 Å². The van der Waals surface area contributed by atoms with E-state index in [0.29, 0.717) is 30.1 Å². The number of ether oxygens (including phenoxy) is 1. The Morgan fingerprint density at radius 1 is 1.07 bits per heavy atom. The van der Waals surface area contributed by atoms with Crippen molar-refractivity contribution in [3.8, 4) is 17.6 Å². The number of alkyl halides is 3. The van der Waals surface area contributed by atoms with Crippen LogP contribution >= 0.6 is 0 Å². The SMILES string of the molecule is COc1ccc2c(C#Cc3cncc(C(=O)Nc4ccc(CN5CCN(C)CC5)c(C(F)(F)F)c4)c3)n[nH]c2c1. The molecule has 1 saturated heterocycles. The van der Waals surface area contributed by atoms with Crippen molar-refractivity contribution in [1.29, 1.82) is 0 Å². The van der Waals surface area contributed by atoms with E-state index >= 15 is 0 Å². The van der Waals surface area contributed by atoms with Crippen LogP contribution in [-0.4, -0.2) is 71.2 Å². The number of carbonyl (C=O) groups excluding carboxylic acids is 1. The molecule has 1 amide bonds. The number of rotatable bonds is 5. The van der Waals surface area contributed by atoms with Crippen molar-refractivity contribution in [2.24, 2.45) is 0 Å². The van der Waals surface area contributed by atoms with Crippen LogP contribution in [0.4, 0.5) is 18.9 Å². The average Bonchev–Trinajstić information content (AvgIpc) is 3.35. The Morgan fingerprint density at radius 2 is 1.88 bits per heavy atom. The summed E-state index contributed by atoms with van der Waals surface area (Å²) in [5.41, 5.74) is 1.37. The number of piperazine rings is 1. The monoisotopic (exact) mass is 548 g/mol. The molecule has 0 bridgehead atoms. The molecule has 1 aliphatic heterocycles. The second kappa shape index (κ2) is 11.4. The molecule has 40 heavy (non-hydrogen) atoms. The van der Waals surface area contributed by atoms with Gasteiger partial charge in [0.2, 0.25) is 0 Å². The van der Waals surface area contributed by atoms with E-state index < -0.39 is 17.6 Å². The molecular formula is C29H27F3N6O2. The highest BCUT2D eigenvalue weighted by atomic mass is 19.4. The zero-order valence-corrected chi connectivity index (χ0v) is 22.0. The zero-order chi connectivity index (χ0) is 28.3. The van der Waals surface area contributed by atoms with E-state index in [1.165, 1.54) is 30.6 Å². The number of nitrogens with zero attached hydrogens (tertiary/aromatic N) is 4. The lowest BCUT2D eigenvalue weighted by atomic mass is 10.0. The van der Waals surface area contributed by atoms with E-state index in [-0.39, 0.29) is 23.4 Å². The van der Waals surface area contributed by atoms with Crippen molar-refractivity contribution in [2.45, 2.75) is 12.7 Å². The van der Waals surface area contributed by atoms with Crippen LogP contribution in [0.2, 0.25) is 0 Å². The smallest absolute Gasteiger partial charge is 0.416 e. The molecule has 1 aliphatic rings. The molecular weight excluding hydrogens is 521 g/mol. The minimum Gasteiger partial charge on any atom is -0.497 e. The molecule has 0 atom stereocenters. The number of methoxy groups -OCH3 is 1. The zero-order valence-electron chi connectivity index (χ0n) is 22.0. The number of aromatic amines is 1. The maximum Gasteiger partial charge on any atom is 0.416 e. The fourth-order valence-corrected chi connectivity index (χ4v) is 4.49. The molecule has 1 fully saturated rings. The van der Waals surface area contributed by atoms with Gasteiger partial charge in [-0.2, -0.15) is 18.3 Å². The molecule has 0 unspecified atom stereocenters. The number of aromatic nitrogens is 3. The Hall–Kier alpha value is -4.40. The Kier molecular flexibility index (Phi) is 7.73. The van der Waals surface area contributed by atoms with Gasteiger partial charge in [-0.3, -0.25) is 19.8 Å². The predicted octanol–water partition coefficient (Wildman–Crippen LogP) is 4.38. The van der Waals surface area contributed by atoms with Crippen molar-refractivity contribution in [3.05, 3.63) is 82.8 Å². The third-order valence-electron chi connectivity index (χ3n) is 6.76. The van der Waals surface area contributed by atoms with Gasteiger partial charge in [0.1, 0.15) is 11.4 Å². The second-order valence-corrected chi connectivity index (χ2v) is 9.60. The van der Waals surface area contributed by atoms with E-state index in [1.54, 1.807) is 13.2 Å². The molecule has 8 nitrogen and oxygen atoms in total. The molecule has 2 aromatic carbocycles. The van der Waals surface area contributed by atoms with Crippen molar-refractivity contribution < 1.29 is 22.7 Å². The molecule has 0 aliphatic carbocycles. The summed E-state index contributed by atoms with van der Waals surface area (Å²) in [7, 11) is 3.57. The van der Waals surface area contributed by atoms with Gasteiger partial charge in [0, 0.05) is 67.8 Å². The van der Waals surface area contributed by atoms with Crippen LogP contribution in [0, 0.1) is 11.8 Å². The number of benzene rings is 2. The number of pyridine rings is 1. The lowest BCUT2D eigenvalue weighted by molar-refractivity contribution is -0.138. The first kappa shape index (κ1) is 27.2. The Labute approximate surface area is 229 Å². The lowest BCUT2D eigenvalue weighted by Crippen LogP contribution is -2.44. The van der Waals surface area contributed by atoms with Crippen LogP contribution in [0.5, 0.6) is 5.75 Å². The first-order valence-corrected chi connectivity index (χ1v) is 12.6. The van der Waals surface area contributed by atoms with Gasteiger partial charge in [0.05, 0.1) is 23.8 Å². The fourth-order valence-electron chi connectivity index (χ4n) is 4.49. The first-order valence-electron chi connectivity index (χ1n) is 12.6. The van der Waals surface area contributed by atoms with Gasteiger partial charge >= 0.3 is 6.18 Å². The predicted molar refractivity (Wildman–Crippen MR) is 145 cm³/mol. The van der Waals surface area contributed by atoms with E-state index in [1.807, 2.05) is 24.1 Å². The summed E-state index contributed by atoms with van der Waals surface area (Å²) in [6, 6.07) is 10.9. The standard InChI is InChI=1S/C29H27F3N6O2/c1-37-9-11-38(12-10-37)18-20-4-5-22(14-25(20)29(30,31)32)34-28(39)21-13-19(16-33-17-21)3-8-26-24-7-6-23(40-2)15-27(24)36-35-26/h4-7,13-17H,9-12,18H2,1-2H3,(H,34,39)(H,35,36). The Morgan fingerprint density at radius 3 is 2.62 bits per heavy atom. The highest BCUT2D eigenvalue weighted by Gasteiger charge is 2.34. The molecule has 2 aromatic heterocycles. The fraction of sp³-hybridized carbons (Fsp3) is 0.276. The maximum absolute atomic E-state index is 13.9. The van der Waals surface area contributed by atoms with Gasteiger partial charge in [-0.25, -0.2) is 0 Å². The van der Waals surface area contributed by atoms with Gasteiger partial charge in [0.25, 0.3) is 5.91 Å². The number of anilines is 1. The van der Waals surface area contributed by atoms with Crippen LogP contribution in [0.3, 0.4) is 0 Å². The molecule has 3 heterocycles. The van der Waals surface area contributed by atoms with E-state index in [9.17, 15) is 18.0 Å².